The fourth-order valence-electron chi connectivity index (χ4n) is 1.01. The van der Waals surface area contributed by atoms with Gasteiger partial charge in [-0.05, 0) is 12.8 Å². The largest absolute Gasteiger partial charge is 0.381 e. The van der Waals surface area contributed by atoms with Crippen LogP contribution in [0.25, 0.3) is 0 Å². The monoisotopic (exact) mass is 310 g/mol. The van der Waals surface area contributed by atoms with Crippen molar-refractivity contribution in [2.75, 3.05) is 13.2 Å². The van der Waals surface area contributed by atoms with Crippen LogP contribution in [0.1, 0.15) is 52.4 Å². The maximum atomic E-state index is 5.44. The molecule has 0 aromatic rings. The Morgan fingerprint density at radius 2 is 1.17 bits per heavy atom. The zero-order chi connectivity index (χ0) is 8.36. The number of hydrogen-bond acceptors (Lipinski definition) is 1. The Morgan fingerprint density at radius 1 is 0.750 bits per heavy atom. The van der Waals surface area contributed by atoms with Gasteiger partial charge in [0, 0.05) is 53.6 Å². The van der Waals surface area contributed by atoms with Crippen LogP contribution >= 0.6 is 0 Å². The first-order valence-electron chi connectivity index (χ1n) is 4.99. The van der Waals surface area contributed by atoms with Gasteiger partial charge in [0.15, 0.2) is 0 Å². The van der Waals surface area contributed by atoms with Gasteiger partial charge in [-0.1, -0.05) is 39.5 Å². The minimum absolute atomic E-state index is 0. The summed E-state index contributed by atoms with van der Waals surface area (Å²) in [6.07, 6.45) is 7.68. The molecule has 0 unspecified atom stereocenters. The van der Waals surface area contributed by atoms with Gasteiger partial charge in [0.2, 0.25) is 0 Å². The molecule has 0 heterocycles. The number of unbranched alkanes of at least 4 members (excludes halogenated alkanes) is 4. The van der Waals surface area contributed by atoms with Gasteiger partial charge < -0.3 is 4.74 Å². The SMILES string of the molecule is CCCCCOCCCCC.[Sm]. The van der Waals surface area contributed by atoms with E-state index < -0.39 is 0 Å². The Morgan fingerprint density at radius 3 is 1.50 bits per heavy atom. The minimum atomic E-state index is 0. The van der Waals surface area contributed by atoms with Crippen LogP contribution in [-0.4, -0.2) is 13.2 Å². The first kappa shape index (κ1) is 15.8. The van der Waals surface area contributed by atoms with E-state index in [2.05, 4.69) is 13.8 Å². The third-order valence-corrected chi connectivity index (χ3v) is 1.78. The summed E-state index contributed by atoms with van der Waals surface area (Å²) in [6, 6.07) is 0. The van der Waals surface area contributed by atoms with Crippen LogP contribution in [0, 0.1) is 40.4 Å². The minimum Gasteiger partial charge on any atom is -0.381 e. The average Bonchev–Trinajstić information content (AvgIpc) is 2.03. The smallest absolute Gasteiger partial charge is 0.0466 e. The van der Waals surface area contributed by atoms with Crippen molar-refractivity contribution in [3.63, 3.8) is 0 Å². The van der Waals surface area contributed by atoms with E-state index in [0.29, 0.717) is 0 Å². The van der Waals surface area contributed by atoms with Gasteiger partial charge in [-0.3, -0.25) is 0 Å². The molecular weight excluding hydrogens is 286 g/mol. The Balaban J connectivity index is 0. The Kier molecular flexibility index (Phi) is 19.4. The standard InChI is InChI=1S/C10H22O.Sm/c1-3-5-7-9-11-10-8-6-4-2;/h3-10H2,1-2H3;. The second-order valence-corrected chi connectivity index (χ2v) is 3.03. The molecule has 0 saturated heterocycles. The molecule has 0 aromatic carbocycles. The van der Waals surface area contributed by atoms with Crippen molar-refractivity contribution in [2.24, 2.45) is 0 Å². The molecule has 0 rings (SSSR count). The predicted octanol–water partition coefficient (Wildman–Crippen LogP) is 3.38. The van der Waals surface area contributed by atoms with Crippen LogP contribution < -0.4 is 0 Å². The summed E-state index contributed by atoms with van der Waals surface area (Å²) in [5.41, 5.74) is 0. The van der Waals surface area contributed by atoms with Crippen molar-refractivity contribution in [3.8, 4) is 0 Å². The molecule has 0 fully saturated rings. The van der Waals surface area contributed by atoms with Crippen LogP contribution in [0.3, 0.4) is 0 Å². The number of rotatable bonds is 8. The summed E-state index contributed by atoms with van der Waals surface area (Å²) < 4.78 is 5.44. The van der Waals surface area contributed by atoms with E-state index in [1.807, 2.05) is 0 Å². The van der Waals surface area contributed by atoms with Crippen molar-refractivity contribution < 1.29 is 45.1 Å². The van der Waals surface area contributed by atoms with Gasteiger partial charge in [0.25, 0.3) is 0 Å². The molecule has 0 aliphatic heterocycles. The van der Waals surface area contributed by atoms with Crippen molar-refractivity contribution in [3.05, 3.63) is 0 Å². The third-order valence-electron chi connectivity index (χ3n) is 1.78. The van der Waals surface area contributed by atoms with E-state index in [1.165, 1.54) is 38.5 Å². The van der Waals surface area contributed by atoms with E-state index >= 15 is 0 Å². The normalized spacial score (nSPS) is 9.50. The van der Waals surface area contributed by atoms with Crippen molar-refractivity contribution in [1.82, 2.24) is 0 Å². The molecule has 0 amide bonds. The van der Waals surface area contributed by atoms with E-state index in [9.17, 15) is 0 Å². The first-order chi connectivity index (χ1) is 5.41. The maximum Gasteiger partial charge on any atom is 0.0466 e. The molecule has 0 radical (unpaired) electrons. The van der Waals surface area contributed by atoms with Crippen LogP contribution in [0.15, 0.2) is 0 Å². The molecule has 1 nitrogen and oxygen atoms in total. The van der Waals surface area contributed by atoms with Crippen molar-refractivity contribution in [1.29, 1.82) is 0 Å². The molecule has 0 atom stereocenters. The summed E-state index contributed by atoms with van der Waals surface area (Å²) in [6.45, 7) is 6.38. The Bertz CT molecular complexity index is 58.9. The van der Waals surface area contributed by atoms with E-state index in [-0.39, 0.29) is 40.4 Å². The van der Waals surface area contributed by atoms with E-state index in [4.69, 9.17) is 4.74 Å². The molecule has 0 N–H and O–H groups in total. The molecule has 12 heavy (non-hydrogen) atoms. The predicted molar refractivity (Wildman–Crippen MR) is 49.9 cm³/mol. The summed E-state index contributed by atoms with van der Waals surface area (Å²) in [5, 5.41) is 0. The third kappa shape index (κ3) is 13.9. The summed E-state index contributed by atoms with van der Waals surface area (Å²) in [5.74, 6) is 0. The van der Waals surface area contributed by atoms with Crippen LogP contribution in [0.5, 0.6) is 0 Å². The number of ether oxygens (including phenoxy) is 1. The molecule has 0 bridgehead atoms. The summed E-state index contributed by atoms with van der Waals surface area (Å²) >= 11 is 0. The van der Waals surface area contributed by atoms with Gasteiger partial charge in [0.1, 0.15) is 0 Å². The fraction of sp³-hybridized carbons (Fsp3) is 1.00. The molecule has 0 saturated carbocycles. The quantitative estimate of drug-likeness (QED) is 0.625. The van der Waals surface area contributed by atoms with Crippen LogP contribution in [-0.2, 0) is 4.74 Å². The zero-order valence-electron chi connectivity index (χ0n) is 8.47. The van der Waals surface area contributed by atoms with Gasteiger partial charge in [0.05, 0.1) is 0 Å². The molecule has 0 aliphatic rings. The van der Waals surface area contributed by atoms with Crippen LogP contribution in [0.4, 0.5) is 0 Å². The van der Waals surface area contributed by atoms with E-state index in [1.54, 1.807) is 0 Å². The molecule has 2 heteroatoms. The van der Waals surface area contributed by atoms with Gasteiger partial charge in [-0.25, -0.2) is 0 Å². The zero-order valence-corrected chi connectivity index (χ0v) is 11.1. The average molecular weight is 309 g/mol. The Hall–Kier alpha value is 1.30. The number of hydrogen-bond donors (Lipinski definition) is 0. The maximum absolute atomic E-state index is 5.44. The molecular formula is C10H22OSm. The molecule has 0 aliphatic carbocycles. The second kappa shape index (κ2) is 14.8. The van der Waals surface area contributed by atoms with Crippen LogP contribution in [0.2, 0.25) is 0 Å². The van der Waals surface area contributed by atoms with Gasteiger partial charge in [-0.2, -0.15) is 0 Å². The summed E-state index contributed by atoms with van der Waals surface area (Å²) in [7, 11) is 0. The first-order valence-corrected chi connectivity index (χ1v) is 4.99. The molecule has 74 valence electrons. The van der Waals surface area contributed by atoms with Gasteiger partial charge in [-0.15, -0.1) is 0 Å². The summed E-state index contributed by atoms with van der Waals surface area (Å²) in [4.78, 5) is 0. The molecule has 0 spiro atoms. The topological polar surface area (TPSA) is 9.23 Å². The van der Waals surface area contributed by atoms with Gasteiger partial charge >= 0.3 is 0 Å². The van der Waals surface area contributed by atoms with Crippen molar-refractivity contribution in [2.45, 2.75) is 52.4 Å². The molecule has 0 aromatic heterocycles. The van der Waals surface area contributed by atoms with Crippen molar-refractivity contribution >= 4 is 0 Å². The fourth-order valence-corrected chi connectivity index (χ4v) is 1.01. The van der Waals surface area contributed by atoms with E-state index in [0.717, 1.165) is 13.2 Å². The Labute approximate surface area is 110 Å². The second-order valence-electron chi connectivity index (χ2n) is 3.03.